The number of aromatic amines is 1. The van der Waals surface area contributed by atoms with Crippen molar-refractivity contribution in [1.82, 2.24) is 34.4 Å². The van der Waals surface area contributed by atoms with Gasteiger partial charge in [-0.05, 0) is 36.8 Å². The summed E-state index contributed by atoms with van der Waals surface area (Å²) < 4.78 is 7.53. The fourth-order valence-corrected chi connectivity index (χ4v) is 5.28. The van der Waals surface area contributed by atoms with Gasteiger partial charge in [0.2, 0.25) is 17.7 Å². The Morgan fingerprint density at radius 3 is 2.78 bits per heavy atom. The number of ether oxygens (including phenoxy) is 1. The van der Waals surface area contributed by atoms with Crippen molar-refractivity contribution >= 4 is 28.5 Å². The van der Waals surface area contributed by atoms with E-state index in [-0.39, 0.29) is 5.91 Å². The van der Waals surface area contributed by atoms with Crippen LogP contribution in [0, 0.1) is 11.8 Å². The van der Waals surface area contributed by atoms with Crippen LogP contribution in [0.4, 0.5) is 5.95 Å². The number of carbonyl (C=O) groups excluding carboxylic acids is 1. The number of rotatable bonds is 4. The highest BCUT2D eigenvalue weighted by molar-refractivity contribution is 5.97. The van der Waals surface area contributed by atoms with Crippen molar-refractivity contribution in [2.75, 3.05) is 25.5 Å². The number of H-pyrrole nitrogens is 1. The number of hydrogen-bond donors (Lipinski definition) is 2. The molecule has 0 bridgehead atoms. The number of methoxy groups -OCH3 is 1. The number of nitrogens with zero attached hydrogens (tertiary/aromatic N) is 6. The lowest BCUT2D eigenvalue weighted by atomic mass is 10.0. The molecule has 2 N–H and O–H groups in total. The molecule has 6 rings (SSSR count). The maximum Gasteiger partial charge on any atom is 0.228 e. The number of amides is 1. The Morgan fingerprint density at radius 2 is 2.03 bits per heavy atom. The summed E-state index contributed by atoms with van der Waals surface area (Å²) in [5, 5.41) is 12.3. The van der Waals surface area contributed by atoms with Gasteiger partial charge in [-0.15, -0.1) is 10.2 Å². The Labute approximate surface area is 184 Å². The van der Waals surface area contributed by atoms with E-state index in [2.05, 4.69) is 25.5 Å². The average molecular weight is 432 g/mol. The third-order valence-electron chi connectivity index (χ3n) is 6.82. The molecule has 0 radical (unpaired) electrons. The monoisotopic (exact) mass is 432 g/mol. The SMILES string of the molecule is COc1nc(N[C@@H]2C[C@@H]3CN(C(C)=O)C[C@@H]3C2)nc2[nH]cc(-c3ccc4nncn4c3)c12. The van der Waals surface area contributed by atoms with E-state index in [0.29, 0.717) is 29.7 Å². The van der Waals surface area contributed by atoms with Crippen LogP contribution in [0.2, 0.25) is 0 Å². The second kappa shape index (κ2) is 7.18. The first kappa shape index (κ1) is 19.0. The molecule has 1 saturated heterocycles. The number of likely N-dealkylation sites (tertiary alicyclic amines) is 1. The molecule has 10 nitrogen and oxygen atoms in total. The van der Waals surface area contributed by atoms with E-state index in [9.17, 15) is 4.79 Å². The van der Waals surface area contributed by atoms with E-state index in [1.807, 2.05) is 33.8 Å². The number of hydrogen-bond acceptors (Lipinski definition) is 7. The van der Waals surface area contributed by atoms with E-state index in [1.54, 1.807) is 20.4 Å². The zero-order valence-corrected chi connectivity index (χ0v) is 17.9. The summed E-state index contributed by atoms with van der Waals surface area (Å²) in [4.78, 5) is 26.3. The first-order chi connectivity index (χ1) is 15.6. The number of aromatic nitrogens is 6. The predicted molar refractivity (Wildman–Crippen MR) is 118 cm³/mol. The van der Waals surface area contributed by atoms with Gasteiger partial charge in [0.1, 0.15) is 12.0 Å². The quantitative estimate of drug-likeness (QED) is 0.509. The molecule has 1 amide bonds. The topological polar surface area (TPSA) is 113 Å². The first-order valence-electron chi connectivity index (χ1n) is 10.8. The molecule has 1 aliphatic carbocycles. The molecule has 1 aliphatic heterocycles. The maximum absolute atomic E-state index is 11.7. The highest BCUT2D eigenvalue weighted by atomic mass is 16.5. The summed E-state index contributed by atoms with van der Waals surface area (Å²) in [7, 11) is 1.63. The van der Waals surface area contributed by atoms with Crippen molar-refractivity contribution in [1.29, 1.82) is 0 Å². The fraction of sp³-hybridized carbons (Fsp3) is 0.409. The number of pyridine rings is 1. The van der Waals surface area contributed by atoms with Gasteiger partial charge in [-0.3, -0.25) is 9.20 Å². The van der Waals surface area contributed by atoms with Crippen LogP contribution in [-0.4, -0.2) is 66.6 Å². The molecule has 32 heavy (non-hydrogen) atoms. The molecule has 5 heterocycles. The van der Waals surface area contributed by atoms with Crippen LogP contribution in [0.1, 0.15) is 19.8 Å². The molecule has 2 fully saturated rings. The minimum atomic E-state index is 0.174. The van der Waals surface area contributed by atoms with Gasteiger partial charge < -0.3 is 19.9 Å². The first-order valence-corrected chi connectivity index (χ1v) is 10.8. The van der Waals surface area contributed by atoms with Crippen molar-refractivity contribution in [3.8, 4) is 17.0 Å². The van der Waals surface area contributed by atoms with Gasteiger partial charge in [0.15, 0.2) is 5.65 Å². The van der Waals surface area contributed by atoms with Crippen molar-refractivity contribution in [3.05, 3.63) is 30.9 Å². The Morgan fingerprint density at radius 1 is 1.22 bits per heavy atom. The summed E-state index contributed by atoms with van der Waals surface area (Å²) in [5.74, 6) is 2.36. The molecule has 1 saturated carbocycles. The zero-order valence-electron chi connectivity index (χ0n) is 17.9. The van der Waals surface area contributed by atoms with Crippen molar-refractivity contribution in [3.63, 3.8) is 0 Å². The van der Waals surface area contributed by atoms with Gasteiger partial charge in [0, 0.05) is 49.6 Å². The van der Waals surface area contributed by atoms with Crippen LogP contribution in [0.25, 0.3) is 27.8 Å². The normalized spacial score (nSPS) is 22.6. The highest BCUT2D eigenvalue weighted by Gasteiger charge is 2.41. The molecule has 2 aliphatic rings. The summed E-state index contributed by atoms with van der Waals surface area (Å²) in [6, 6.07) is 4.22. The van der Waals surface area contributed by atoms with Crippen LogP contribution >= 0.6 is 0 Å². The van der Waals surface area contributed by atoms with Gasteiger partial charge >= 0.3 is 0 Å². The zero-order chi connectivity index (χ0) is 21.8. The summed E-state index contributed by atoms with van der Waals surface area (Å²) >= 11 is 0. The molecule has 3 atom stereocenters. The van der Waals surface area contributed by atoms with E-state index < -0.39 is 0 Å². The molecule has 4 aromatic rings. The third-order valence-corrected chi connectivity index (χ3v) is 6.82. The van der Waals surface area contributed by atoms with E-state index in [4.69, 9.17) is 9.72 Å². The molecule has 4 aromatic heterocycles. The predicted octanol–water partition coefficient (Wildman–Crippen LogP) is 2.34. The molecular formula is C22H24N8O2. The largest absolute Gasteiger partial charge is 0.480 e. The van der Waals surface area contributed by atoms with Gasteiger partial charge in [-0.1, -0.05) is 0 Å². The molecular weight excluding hydrogens is 408 g/mol. The van der Waals surface area contributed by atoms with Gasteiger partial charge in [0.25, 0.3) is 0 Å². The number of fused-ring (bicyclic) bond motifs is 3. The Balaban J connectivity index is 1.27. The van der Waals surface area contributed by atoms with E-state index in [1.165, 1.54) is 0 Å². The lowest BCUT2D eigenvalue weighted by molar-refractivity contribution is -0.128. The van der Waals surface area contributed by atoms with E-state index in [0.717, 1.165) is 53.7 Å². The molecule has 164 valence electrons. The lowest BCUT2D eigenvalue weighted by Gasteiger charge is -2.18. The fourth-order valence-electron chi connectivity index (χ4n) is 5.28. The Bertz CT molecular complexity index is 1310. The number of anilines is 1. The van der Waals surface area contributed by atoms with Crippen molar-refractivity contribution in [2.24, 2.45) is 11.8 Å². The standard InChI is InChI=1S/C22H24N8O2/c1-12(31)29-9-14-5-16(6-15(14)10-29)25-22-26-20-19(21(27-22)32-2)17(7-23-20)13-3-4-18-28-24-11-30(18)8-13/h3-4,7-8,11,14-16H,5-6,9-10H2,1-2H3,(H2,23,25,26,27)/t14-,15+,16-. The van der Waals surface area contributed by atoms with Crippen LogP contribution in [0.3, 0.4) is 0 Å². The van der Waals surface area contributed by atoms with Crippen LogP contribution in [0.15, 0.2) is 30.9 Å². The summed E-state index contributed by atoms with van der Waals surface area (Å²) in [6.07, 6.45) is 7.62. The average Bonchev–Trinajstić information content (AvgIpc) is 3.54. The third kappa shape index (κ3) is 3.05. The minimum Gasteiger partial charge on any atom is -0.480 e. The molecule has 10 heteroatoms. The van der Waals surface area contributed by atoms with E-state index >= 15 is 0 Å². The van der Waals surface area contributed by atoms with Crippen LogP contribution in [-0.2, 0) is 4.79 Å². The molecule has 0 unspecified atom stereocenters. The van der Waals surface area contributed by atoms with Crippen LogP contribution < -0.4 is 10.1 Å². The van der Waals surface area contributed by atoms with Gasteiger partial charge in [-0.25, -0.2) is 0 Å². The van der Waals surface area contributed by atoms with Gasteiger partial charge in [-0.2, -0.15) is 9.97 Å². The highest BCUT2D eigenvalue weighted by Crippen LogP contribution is 2.40. The summed E-state index contributed by atoms with van der Waals surface area (Å²) in [5.41, 5.74) is 3.46. The number of nitrogens with one attached hydrogen (secondary N) is 2. The van der Waals surface area contributed by atoms with Gasteiger partial charge in [0.05, 0.1) is 12.5 Å². The lowest BCUT2D eigenvalue weighted by Crippen LogP contribution is -2.29. The molecule has 0 aromatic carbocycles. The number of carbonyl (C=O) groups is 1. The molecule has 0 spiro atoms. The van der Waals surface area contributed by atoms with Crippen LogP contribution in [0.5, 0.6) is 5.88 Å². The summed E-state index contributed by atoms with van der Waals surface area (Å²) in [6.45, 7) is 3.37. The second-order valence-electron chi connectivity index (χ2n) is 8.75. The minimum absolute atomic E-state index is 0.174. The smallest absolute Gasteiger partial charge is 0.228 e. The maximum atomic E-state index is 11.7. The Hall–Kier alpha value is -3.69. The van der Waals surface area contributed by atoms with Crippen molar-refractivity contribution < 1.29 is 9.53 Å². The van der Waals surface area contributed by atoms with Crippen molar-refractivity contribution in [2.45, 2.75) is 25.8 Å². The second-order valence-corrected chi connectivity index (χ2v) is 8.75. The Kier molecular flexibility index (Phi) is 4.27.